The Hall–Kier alpha value is -5.34. The number of hydrogen-bond acceptors (Lipinski definition) is 2. The van der Waals surface area contributed by atoms with Gasteiger partial charge in [0.05, 0.1) is 0 Å². The number of nitrogens with zero attached hydrogens (tertiary/aromatic N) is 1. The molecule has 0 aliphatic rings. The first-order valence-corrected chi connectivity index (χ1v) is 13.5. The number of hydrogen-bond donors (Lipinski definition) is 0. The van der Waals surface area contributed by atoms with Gasteiger partial charge in [-0.2, -0.15) is 0 Å². The van der Waals surface area contributed by atoms with Gasteiger partial charge in [0.25, 0.3) is 0 Å². The van der Waals surface area contributed by atoms with Crippen molar-refractivity contribution >= 4 is 28.0 Å². The first kappa shape index (κ1) is 23.8. The molecule has 7 aromatic rings. The Labute approximate surface area is 234 Å². The second-order valence-electron chi connectivity index (χ2n) is 9.86. The molecular weight excluding hydrogens is 486 g/mol. The van der Waals surface area contributed by atoms with E-state index in [1.54, 1.807) is 0 Å². The first-order valence-electron chi connectivity index (χ1n) is 13.5. The fraction of sp³-hybridized carbons (Fsp3) is 0. The zero-order chi connectivity index (χ0) is 26.7. The van der Waals surface area contributed by atoms with Crippen LogP contribution in [0.1, 0.15) is 0 Å². The fourth-order valence-corrected chi connectivity index (χ4v) is 5.24. The Bertz CT molecular complexity index is 1840. The molecule has 0 spiro atoms. The molecule has 2 nitrogen and oxygen atoms in total. The maximum atomic E-state index is 6.12. The summed E-state index contributed by atoms with van der Waals surface area (Å²) in [6, 6.07) is 57.4. The van der Waals surface area contributed by atoms with Crippen molar-refractivity contribution in [1.82, 2.24) is 0 Å². The number of furan rings is 1. The van der Waals surface area contributed by atoms with Crippen LogP contribution in [-0.4, -0.2) is 0 Å². The van der Waals surface area contributed by atoms with E-state index in [0.29, 0.717) is 0 Å². The largest absolute Gasteiger partial charge is 0.456 e. The van der Waals surface area contributed by atoms with Gasteiger partial charge in [-0.25, -0.2) is 0 Å². The van der Waals surface area contributed by atoms with Gasteiger partial charge >= 0.3 is 0 Å². The van der Waals surface area contributed by atoms with Crippen molar-refractivity contribution in [3.05, 3.63) is 164 Å². The summed E-state index contributed by atoms with van der Waals surface area (Å²) in [4.78, 5) is 2.30. The van der Waals surface area contributed by atoms with Crippen LogP contribution in [0.5, 0.6) is 0 Å². The van der Waals surface area contributed by atoms with Crippen LogP contribution in [0.2, 0.25) is 0 Å². The molecule has 0 aliphatic carbocycles. The number of anilines is 3. The number of benzene rings is 6. The predicted octanol–water partition coefficient (Wildman–Crippen LogP) is 10.9. The van der Waals surface area contributed by atoms with Gasteiger partial charge in [-0.1, -0.05) is 109 Å². The van der Waals surface area contributed by atoms with Gasteiger partial charge in [-0.05, 0) is 76.9 Å². The molecule has 0 N–H and O–H groups in total. The SMILES string of the molecule is c1ccc(-c2ccc(N(c3ccccc3)c3ccc(-c4cccc(-c5cc6ccccc6o5)c4)cc3)cc2)cc1. The molecule has 0 atom stereocenters. The van der Waals surface area contributed by atoms with Crippen LogP contribution in [0.25, 0.3) is 44.5 Å². The van der Waals surface area contributed by atoms with Crippen LogP contribution in [0.4, 0.5) is 17.1 Å². The molecule has 0 bridgehead atoms. The Morgan fingerprint density at radius 3 is 1.52 bits per heavy atom. The van der Waals surface area contributed by atoms with Gasteiger partial charge in [-0.15, -0.1) is 0 Å². The summed E-state index contributed by atoms with van der Waals surface area (Å²) in [6.45, 7) is 0. The van der Waals surface area contributed by atoms with Crippen molar-refractivity contribution in [3.8, 4) is 33.6 Å². The van der Waals surface area contributed by atoms with Crippen LogP contribution < -0.4 is 4.90 Å². The van der Waals surface area contributed by atoms with Crippen molar-refractivity contribution in [2.45, 2.75) is 0 Å². The molecule has 1 aromatic heterocycles. The summed E-state index contributed by atoms with van der Waals surface area (Å²) in [6.07, 6.45) is 0. The van der Waals surface area contributed by atoms with E-state index in [1.807, 2.05) is 24.3 Å². The highest BCUT2D eigenvalue weighted by Gasteiger charge is 2.13. The van der Waals surface area contributed by atoms with Gasteiger partial charge in [0, 0.05) is 28.0 Å². The van der Waals surface area contributed by atoms with E-state index in [2.05, 4.69) is 144 Å². The lowest BCUT2D eigenvalue weighted by Crippen LogP contribution is -2.09. The Morgan fingerprint density at radius 1 is 0.350 bits per heavy atom. The normalized spacial score (nSPS) is 11.0. The monoisotopic (exact) mass is 513 g/mol. The quantitative estimate of drug-likeness (QED) is 0.220. The van der Waals surface area contributed by atoms with Gasteiger partial charge in [0.1, 0.15) is 11.3 Å². The second kappa shape index (κ2) is 10.4. The lowest BCUT2D eigenvalue weighted by atomic mass is 10.0. The minimum Gasteiger partial charge on any atom is -0.456 e. The topological polar surface area (TPSA) is 16.4 Å². The lowest BCUT2D eigenvalue weighted by molar-refractivity contribution is 0.631. The highest BCUT2D eigenvalue weighted by Crippen LogP contribution is 2.37. The van der Waals surface area contributed by atoms with Crippen molar-refractivity contribution in [2.75, 3.05) is 4.90 Å². The average Bonchev–Trinajstić information content (AvgIpc) is 3.48. The Morgan fingerprint density at radius 2 is 0.850 bits per heavy atom. The third-order valence-corrected chi connectivity index (χ3v) is 7.28. The first-order chi connectivity index (χ1) is 19.8. The lowest BCUT2D eigenvalue weighted by Gasteiger charge is -2.26. The number of fused-ring (bicyclic) bond motifs is 1. The number of para-hydroxylation sites is 2. The molecule has 190 valence electrons. The Kier molecular flexibility index (Phi) is 6.20. The van der Waals surface area contributed by atoms with Crippen molar-refractivity contribution in [1.29, 1.82) is 0 Å². The summed E-state index contributed by atoms with van der Waals surface area (Å²) in [5.41, 5.74) is 10.1. The molecule has 0 saturated carbocycles. The fourth-order valence-electron chi connectivity index (χ4n) is 5.24. The predicted molar refractivity (Wildman–Crippen MR) is 167 cm³/mol. The zero-order valence-electron chi connectivity index (χ0n) is 21.9. The Balaban J connectivity index is 1.22. The molecule has 2 heteroatoms. The number of rotatable bonds is 6. The molecule has 0 saturated heterocycles. The summed E-state index contributed by atoms with van der Waals surface area (Å²) in [7, 11) is 0. The zero-order valence-corrected chi connectivity index (χ0v) is 21.9. The van der Waals surface area contributed by atoms with Crippen LogP contribution in [0, 0.1) is 0 Å². The summed E-state index contributed by atoms with van der Waals surface area (Å²) >= 11 is 0. The summed E-state index contributed by atoms with van der Waals surface area (Å²) in [5, 5.41) is 1.12. The molecule has 0 radical (unpaired) electrons. The minimum absolute atomic E-state index is 0.883. The summed E-state index contributed by atoms with van der Waals surface area (Å²) < 4.78 is 6.12. The van der Waals surface area contributed by atoms with Gasteiger partial charge in [-0.3, -0.25) is 0 Å². The molecule has 0 fully saturated rings. The van der Waals surface area contributed by atoms with Crippen LogP contribution >= 0.6 is 0 Å². The van der Waals surface area contributed by atoms with Crippen molar-refractivity contribution in [2.24, 2.45) is 0 Å². The van der Waals surface area contributed by atoms with E-state index in [0.717, 1.165) is 50.5 Å². The molecule has 40 heavy (non-hydrogen) atoms. The molecule has 0 amide bonds. The van der Waals surface area contributed by atoms with E-state index in [-0.39, 0.29) is 0 Å². The molecule has 1 heterocycles. The molecule has 0 aliphatic heterocycles. The molecule has 0 unspecified atom stereocenters. The van der Waals surface area contributed by atoms with Gasteiger partial charge < -0.3 is 9.32 Å². The van der Waals surface area contributed by atoms with Crippen LogP contribution in [0.15, 0.2) is 168 Å². The van der Waals surface area contributed by atoms with Gasteiger partial charge in [0.2, 0.25) is 0 Å². The van der Waals surface area contributed by atoms with Crippen molar-refractivity contribution in [3.63, 3.8) is 0 Å². The highest BCUT2D eigenvalue weighted by molar-refractivity contribution is 5.84. The van der Waals surface area contributed by atoms with Crippen molar-refractivity contribution < 1.29 is 4.42 Å². The molecule has 6 aromatic carbocycles. The average molecular weight is 514 g/mol. The van der Waals surface area contributed by atoms with E-state index in [1.165, 1.54) is 11.1 Å². The third kappa shape index (κ3) is 4.68. The molecular formula is C38H27NO. The standard InChI is InChI=1S/C38H27NO/c1-3-10-28(11-4-1)29-18-22-35(23-19-29)39(34-15-5-2-6-16-34)36-24-20-30(21-25-36)31-13-9-14-32(26-31)38-27-33-12-7-8-17-37(33)40-38/h1-27H. The highest BCUT2D eigenvalue weighted by atomic mass is 16.3. The van der Waals surface area contributed by atoms with E-state index in [9.17, 15) is 0 Å². The second-order valence-corrected chi connectivity index (χ2v) is 9.86. The van der Waals surface area contributed by atoms with Gasteiger partial charge in [0.15, 0.2) is 0 Å². The summed E-state index contributed by atoms with van der Waals surface area (Å²) in [5.74, 6) is 0.883. The third-order valence-electron chi connectivity index (χ3n) is 7.28. The van der Waals surface area contributed by atoms with Crippen LogP contribution in [-0.2, 0) is 0 Å². The maximum absolute atomic E-state index is 6.12. The van der Waals surface area contributed by atoms with Crippen LogP contribution in [0.3, 0.4) is 0 Å². The van der Waals surface area contributed by atoms with E-state index in [4.69, 9.17) is 4.42 Å². The molecule has 7 rings (SSSR count). The maximum Gasteiger partial charge on any atom is 0.135 e. The van der Waals surface area contributed by atoms with E-state index < -0.39 is 0 Å². The van der Waals surface area contributed by atoms with E-state index >= 15 is 0 Å². The minimum atomic E-state index is 0.883. The smallest absolute Gasteiger partial charge is 0.135 e.